The number of sulfonamides is 1. The van der Waals surface area contributed by atoms with Crippen molar-refractivity contribution in [3.8, 4) is 0 Å². The van der Waals surface area contributed by atoms with E-state index in [1.807, 2.05) is 6.07 Å². The molecule has 1 aromatic carbocycles. The highest BCUT2D eigenvalue weighted by Crippen LogP contribution is 2.30. The summed E-state index contributed by atoms with van der Waals surface area (Å²) in [5.41, 5.74) is 0. The molecule has 1 atom stereocenters. The molecule has 0 N–H and O–H groups in total. The van der Waals surface area contributed by atoms with E-state index in [9.17, 15) is 8.42 Å². The van der Waals surface area contributed by atoms with Gasteiger partial charge in [-0.05, 0) is 59.3 Å². The second kappa shape index (κ2) is 6.24. The average Bonchev–Trinajstić information content (AvgIpc) is 2.57. The Kier molecular flexibility index (Phi) is 5.09. The summed E-state index contributed by atoms with van der Waals surface area (Å²) in [6.07, 6.45) is 2.97. The smallest absolute Gasteiger partial charge is 0.207 e. The van der Waals surface area contributed by atoms with Crippen LogP contribution in [0.25, 0.3) is 0 Å². The highest BCUT2D eigenvalue weighted by molar-refractivity contribution is 9.11. The van der Waals surface area contributed by atoms with Gasteiger partial charge in [0.05, 0.1) is 4.90 Å². The van der Waals surface area contributed by atoms with E-state index in [-0.39, 0.29) is 0 Å². The topological polar surface area (TPSA) is 37.4 Å². The van der Waals surface area contributed by atoms with Crippen LogP contribution in [0.15, 0.2) is 32.0 Å². The largest absolute Gasteiger partial charge is 0.244 e. The molecular formula is C13H17Br2NO2S. The molecule has 6 heteroatoms. The quantitative estimate of drug-likeness (QED) is 0.738. The average molecular weight is 411 g/mol. The van der Waals surface area contributed by atoms with Crippen molar-refractivity contribution in [1.82, 2.24) is 4.31 Å². The van der Waals surface area contributed by atoms with E-state index in [1.165, 1.54) is 0 Å². The van der Waals surface area contributed by atoms with E-state index >= 15 is 0 Å². The van der Waals surface area contributed by atoms with Gasteiger partial charge in [0.15, 0.2) is 0 Å². The summed E-state index contributed by atoms with van der Waals surface area (Å²) >= 11 is 6.67. The molecular weight excluding hydrogens is 394 g/mol. The van der Waals surface area contributed by atoms with Crippen molar-refractivity contribution in [3.05, 3.63) is 27.1 Å². The van der Waals surface area contributed by atoms with Crippen molar-refractivity contribution in [3.63, 3.8) is 0 Å². The van der Waals surface area contributed by atoms with Crippen molar-refractivity contribution in [2.45, 2.75) is 31.1 Å². The van der Waals surface area contributed by atoms with Crippen molar-refractivity contribution in [1.29, 1.82) is 0 Å². The Bertz CT molecular complexity index is 560. The van der Waals surface area contributed by atoms with Gasteiger partial charge in [-0.1, -0.05) is 22.9 Å². The van der Waals surface area contributed by atoms with Gasteiger partial charge in [-0.3, -0.25) is 0 Å². The molecule has 1 saturated heterocycles. The van der Waals surface area contributed by atoms with Crippen LogP contribution in [-0.4, -0.2) is 25.8 Å². The molecule has 0 spiro atoms. The second-order valence-electron chi connectivity index (χ2n) is 5.01. The van der Waals surface area contributed by atoms with Gasteiger partial charge in [0, 0.05) is 22.0 Å². The third-order valence-electron chi connectivity index (χ3n) is 3.49. The van der Waals surface area contributed by atoms with Gasteiger partial charge < -0.3 is 0 Å². The second-order valence-corrected chi connectivity index (χ2v) is 8.69. The Balaban J connectivity index is 2.33. The Labute approximate surface area is 131 Å². The fourth-order valence-corrected chi connectivity index (χ4v) is 5.25. The lowest BCUT2D eigenvalue weighted by Gasteiger charge is -2.21. The number of nitrogens with zero attached hydrogens (tertiary/aromatic N) is 1. The fraction of sp³-hybridized carbons (Fsp3) is 0.538. The predicted molar refractivity (Wildman–Crippen MR) is 83.6 cm³/mol. The van der Waals surface area contributed by atoms with Gasteiger partial charge in [0.25, 0.3) is 0 Å². The minimum Gasteiger partial charge on any atom is -0.207 e. The molecule has 2 rings (SSSR count). The standard InChI is InChI=1S/C13H17Br2NO2S/c1-10-3-2-7-16(8-6-10)19(17,18)13-9-11(14)4-5-12(13)15/h4-5,9-10H,2-3,6-8H2,1H3. The van der Waals surface area contributed by atoms with Crippen molar-refractivity contribution in [2.24, 2.45) is 5.92 Å². The van der Waals surface area contributed by atoms with Crippen LogP contribution >= 0.6 is 31.9 Å². The lowest BCUT2D eigenvalue weighted by atomic mass is 10.0. The first kappa shape index (κ1) is 15.5. The van der Waals surface area contributed by atoms with Gasteiger partial charge in [0.1, 0.15) is 0 Å². The first-order valence-electron chi connectivity index (χ1n) is 6.36. The van der Waals surface area contributed by atoms with E-state index in [4.69, 9.17) is 0 Å². The summed E-state index contributed by atoms with van der Waals surface area (Å²) in [5, 5.41) is 0. The van der Waals surface area contributed by atoms with Crippen LogP contribution in [0.2, 0.25) is 0 Å². The SMILES string of the molecule is CC1CCCN(S(=O)(=O)c2cc(Br)ccc2Br)CC1. The normalized spacial score (nSPS) is 22.2. The molecule has 19 heavy (non-hydrogen) atoms. The van der Waals surface area contributed by atoms with Crippen molar-refractivity contribution < 1.29 is 8.42 Å². The zero-order chi connectivity index (χ0) is 14.0. The van der Waals surface area contributed by atoms with Gasteiger partial charge in [-0.25, -0.2) is 8.42 Å². The van der Waals surface area contributed by atoms with Gasteiger partial charge in [-0.15, -0.1) is 0 Å². The Morgan fingerprint density at radius 3 is 2.68 bits per heavy atom. The third-order valence-corrected chi connectivity index (χ3v) is 6.87. The molecule has 1 heterocycles. The minimum absolute atomic E-state index is 0.344. The van der Waals surface area contributed by atoms with Crippen LogP contribution in [0, 0.1) is 5.92 Å². The number of rotatable bonds is 2. The molecule has 0 aliphatic carbocycles. The summed E-state index contributed by atoms with van der Waals surface area (Å²) in [4.78, 5) is 0.344. The maximum Gasteiger partial charge on any atom is 0.244 e. The van der Waals surface area contributed by atoms with Crippen LogP contribution in [0.5, 0.6) is 0 Å². The maximum atomic E-state index is 12.7. The van der Waals surface area contributed by atoms with E-state index in [0.29, 0.717) is 28.4 Å². The zero-order valence-electron chi connectivity index (χ0n) is 10.8. The lowest BCUT2D eigenvalue weighted by molar-refractivity contribution is 0.416. The number of hydrogen-bond donors (Lipinski definition) is 0. The molecule has 1 unspecified atom stereocenters. The molecule has 0 aromatic heterocycles. The molecule has 0 saturated carbocycles. The van der Waals surface area contributed by atoms with E-state index in [0.717, 1.165) is 23.7 Å². The number of benzene rings is 1. The van der Waals surface area contributed by atoms with Crippen LogP contribution in [0.4, 0.5) is 0 Å². The maximum absolute atomic E-state index is 12.7. The van der Waals surface area contributed by atoms with E-state index < -0.39 is 10.0 Å². The Hall–Kier alpha value is 0.0900. The lowest BCUT2D eigenvalue weighted by Crippen LogP contribution is -2.32. The Morgan fingerprint density at radius 2 is 1.95 bits per heavy atom. The summed E-state index contributed by atoms with van der Waals surface area (Å²) in [6, 6.07) is 5.25. The van der Waals surface area contributed by atoms with Crippen LogP contribution in [-0.2, 0) is 10.0 Å². The molecule has 1 aliphatic heterocycles. The van der Waals surface area contributed by atoms with Gasteiger partial charge in [-0.2, -0.15) is 4.31 Å². The third kappa shape index (κ3) is 3.60. The minimum atomic E-state index is -3.41. The number of halogens is 2. The van der Waals surface area contributed by atoms with E-state index in [1.54, 1.807) is 16.4 Å². The summed E-state index contributed by atoms with van der Waals surface area (Å²) in [5.74, 6) is 0.603. The summed E-state index contributed by atoms with van der Waals surface area (Å²) in [7, 11) is -3.41. The molecule has 1 fully saturated rings. The molecule has 106 valence electrons. The zero-order valence-corrected chi connectivity index (χ0v) is 14.8. The highest BCUT2D eigenvalue weighted by atomic mass is 79.9. The number of hydrogen-bond acceptors (Lipinski definition) is 2. The first-order valence-corrected chi connectivity index (χ1v) is 9.39. The molecule has 0 bridgehead atoms. The highest BCUT2D eigenvalue weighted by Gasteiger charge is 2.28. The van der Waals surface area contributed by atoms with Gasteiger partial charge >= 0.3 is 0 Å². The fourth-order valence-electron chi connectivity index (χ4n) is 2.29. The molecule has 1 aliphatic rings. The first-order chi connectivity index (χ1) is 8.91. The van der Waals surface area contributed by atoms with Crippen molar-refractivity contribution in [2.75, 3.05) is 13.1 Å². The summed E-state index contributed by atoms with van der Waals surface area (Å²) < 4.78 is 28.4. The van der Waals surface area contributed by atoms with Crippen LogP contribution < -0.4 is 0 Å². The van der Waals surface area contributed by atoms with Crippen molar-refractivity contribution >= 4 is 41.9 Å². The molecule has 0 amide bonds. The molecule has 3 nitrogen and oxygen atoms in total. The van der Waals surface area contributed by atoms with Crippen LogP contribution in [0.3, 0.4) is 0 Å². The van der Waals surface area contributed by atoms with Gasteiger partial charge in [0.2, 0.25) is 10.0 Å². The van der Waals surface area contributed by atoms with Crippen LogP contribution in [0.1, 0.15) is 26.2 Å². The molecule has 1 aromatic rings. The Morgan fingerprint density at radius 1 is 1.21 bits per heavy atom. The molecule has 0 radical (unpaired) electrons. The summed E-state index contributed by atoms with van der Waals surface area (Å²) in [6.45, 7) is 3.42. The van der Waals surface area contributed by atoms with E-state index in [2.05, 4.69) is 38.8 Å². The predicted octanol–water partition coefficient (Wildman–Crippen LogP) is 4.02. The monoisotopic (exact) mass is 409 g/mol.